The van der Waals surface area contributed by atoms with Crippen molar-refractivity contribution in [1.82, 2.24) is 4.98 Å². The molecular formula is C12H11NO3S2. The number of aryl methyl sites for hydroxylation is 1. The molecule has 0 spiro atoms. The van der Waals surface area contributed by atoms with E-state index in [0.717, 1.165) is 27.3 Å². The third-order valence-corrected chi connectivity index (χ3v) is 4.13. The fourth-order valence-electron chi connectivity index (χ4n) is 1.25. The number of hydrogen-bond donors (Lipinski definition) is 1. The lowest BCUT2D eigenvalue weighted by Crippen LogP contribution is -1.84. The van der Waals surface area contributed by atoms with Crippen molar-refractivity contribution >= 4 is 35.1 Å². The normalized spacial score (nSPS) is 11.2. The average Bonchev–Trinajstić information content (AvgIpc) is 2.93. The van der Waals surface area contributed by atoms with Crippen LogP contribution in [0, 0.1) is 6.92 Å². The summed E-state index contributed by atoms with van der Waals surface area (Å²) < 4.78 is 5.24. The fourth-order valence-corrected chi connectivity index (χ4v) is 3.06. The molecule has 1 N–H and O–H groups in total. The number of carbonyl (C=O) groups is 1. The number of aliphatic carboxylic acids is 1. The molecule has 0 aliphatic carbocycles. The molecule has 2 rings (SSSR count). The van der Waals surface area contributed by atoms with E-state index in [4.69, 9.17) is 9.52 Å². The minimum atomic E-state index is -0.936. The fraction of sp³-hybridized carbons (Fsp3) is 0.167. The van der Waals surface area contributed by atoms with Gasteiger partial charge in [-0.15, -0.1) is 11.3 Å². The van der Waals surface area contributed by atoms with Gasteiger partial charge >= 0.3 is 5.97 Å². The molecule has 0 bridgehead atoms. The van der Waals surface area contributed by atoms with Gasteiger partial charge in [-0.2, -0.15) is 0 Å². The molecule has 0 aliphatic rings. The summed E-state index contributed by atoms with van der Waals surface area (Å²) in [5, 5.41) is 9.19. The first kappa shape index (κ1) is 12.9. The Hall–Kier alpha value is -1.53. The zero-order valence-electron chi connectivity index (χ0n) is 9.62. The maximum Gasteiger partial charge on any atom is 0.328 e. The Morgan fingerprint density at radius 3 is 3.11 bits per heavy atom. The third-order valence-electron chi connectivity index (χ3n) is 2.01. The lowest BCUT2D eigenvalue weighted by atomic mass is 10.4. The van der Waals surface area contributed by atoms with E-state index in [2.05, 4.69) is 4.98 Å². The van der Waals surface area contributed by atoms with Crippen molar-refractivity contribution in [3.8, 4) is 0 Å². The Labute approximate surface area is 112 Å². The van der Waals surface area contributed by atoms with Crippen LogP contribution in [0.15, 0.2) is 34.1 Å². The molecule has 2 heterocycles. The standard InChI is InChI=1S/C12H11NO3S2/c1-8-6-16-12(13-8)17-7-10-3-2-9(18-10)4-5-11(14)15/h2-6H,7H2,1H3,(H,14,15)/b5-4+. The van der Waals surface area contributed by atoms with Crippen molar-refractivity contribution in [3.05, 3.63) is 39.9 Å². The van der Waals surface area contributed by atoms with Crippen molar-refractivity contribution in [3.63, 3.8) is 0 Å². The van der Waals surface area contributed by atoms with Crippen LogP contribution in [-0.4, -0.2) is 16.1 Å². The number of carboxylic acids is 1. The van der Waals surface area contributed by atoms with Crippen LogP contribution < -0.4 is 0 Å². The first-order valence-electron chi connectivity index (χ1n) is 5.18. The number of thiophene rings is 1. The van der Waals surface area contributed by atoms with E-state index in [1.54, 1.807) is 23.7 Å². The Morgan fingerprint density at radius 2 is 2.44 bits per heavy atom. The largest absolute Gasteiger partial charge is 0.478 e. The maximum atomic E-state index is 10.4. The van der Waals surface area contributed by atoms with Gasteiger partial charge in [-0.25, -0.2) is 9.78 Å². The van der Waals surface area contributed by atoms with E-state index in [-0.39, 0.29) is 0 Å². The van der Waals surface area contributed by atoms with Crippen molar-refractivity contribution in [2.45, 2.75) is 17.9 Å². The van der Waals surface area contributed by atoms with Crippen LogP contribution in [0.5, 0.6) is 0 Å². The van der Waals surface area contributed by atoms with E-state index in [1.807, 2.05) is 19.1 Å². The SMILES string of the molecule is Cc1coc(SCc2ccc(/C=C/C(=O)O)s2)n1. The summed E-state index contributed by atoms with van der Waals surface area (Å²) in [6.45, 7) is 1.88. The molecule has 0 radical (unpaired) electrons. The van der Waals surface area contributed by atoms with Gasteiger partial charge in [-0.05, 0) is 25.1 Å². The molecule has 6 heteroatoms. The average molecular weight is 281 g/mol. The van der Waals surface area contributed by atoms with Crippen LogP contribution in [0.1, 0.15) is 15.4 Å². The lowest BCUT2D eigenvalue weighted by molar-refractivity contribution is -0.131. The number of oxazole rings is 1. The molecule has 0 aliphatic heterocycles. The molecule has 2 aromatic heterocycles. The van der Waals surface area contributed by atoms with Crippen molar-refractivity contribution in [2.75, 3.05) is 0 Å². The van der Waals surface area contributed by atoms with Crippen molar-refractivity contribution < 1.29 is 14.3 Å². The molecule has 0 unspecified atom stereocenters. The molecule has 0 atom stereocenters. The summed E-state index contributed by atoms with van der Waals surface area (Å²) in [6.07, 6.45) is 4.36. The Morgan fingerprint density at radius 1 is 1.61 bits per heavy atom. The van der Waals surface area contributed by atoms with E-state index in [1.165, 1.54) is 11.8 Å². The third kappa shape index (κ3) is 3.75. The van der Waals surface area contributed by atoms with Gasteiger partial charge in [0.1, 0.15) is 6.26 Å². The minimum Gasteiger partial charge on any atom is -0.478 e. The second-order valence-corrected chi connectivity index (χ2v) is 5.65. The molecule has 94 valence electrons. The molecule has 0 saturated carbocycles. The van der Waals surface area contributed by atoms with Crippen LogP contribution in [0.4, 0.5) is 0 Å². The summed E-state index contributed by atoms with van der Waals surface area (Å²) in [5.41, 5.74) is 0.869. The summed E-state index contributed by atoms with van der Waals surface area (Å²) in [7, 11) is 0. The Bertz CT molecular complexity index is 571. The van der Waals surface area contributed by atoms with Gasteiger partial charge in [0.25, 0.3) is 5.22 Å². The van der Waals surface area contributed by atoms with Gasteiger partial charge < -0.3 is 9.52 Å². The molecule has 0 amide bonds. The molecule has 0 fully saturated rings. The first-order valence-corrected chi connectivity index (χ1v) is 6.98. The predicted molar refractivity (Wildman–Crippen MR) is 71.8 cm³/mol. The number of hydrogen-bond acceptors (Lipinski definition) is 5. The minimum absolute atomic E-state index is 0.656. The second kappa shape index (κ2) is 5.88. The highest BCUT2D eigenvalue weighted by molar-refractivity contribution is 7.98. The van der Waals surface area contributed by atoms with Gasteiger partial charge in [-0.3, -0.25) is 0 Å². The van der Waals surface area contributed by atoms with Gasteiger partial charge in [-0.1, -0.05) is 11.8 Å². The lowest BCUT2D eigenvalue weighted by Gasteiger charge is -1.92. The summed E-state index contributed by atoms with van der Waals surface area (Å²) in [6, 6.07) is 3.88. The molecule has 0 saturated heterocycles. The first-order chi connectivity index (χ1) is 8.63. The van der Waals surface area contributed by atoms with Crippen LogP contribution in [0.2, 0.25) is 0 Å². The Balaban J connectivity index is 1.92. The van der Waals surface area contributed by atoms with E-state index >= 15 is 0 Å². The van der Waals surface area contributed by atoms with Gasteiger partial charge in [0.15, 0.2) is 0 Å². The molecule has 18 heavy (non-hydrogen) atoms. The van der Waals surface area contributed by atoms with E-state index in [0.29, 0.717) is 5.22 Å². The topological polar surface area (TPSA) is 63.3 Å². The number of rotatable bonds is 5. The molecular weight excluding hydrogens is 270 g/mol. The van der Waals surface area contributed by atoms with Crippen molar-refractivity contribution in [2.24, 2.45) is 0 Å². The van der Waals surface area contributed by atoms with Crippen molar-refractivity contribution in [1.29, 1.82) is 0 Å². The highest BCUT2D eigenvalue weighted by Gasteiger charge is 2.04. The predicted octanol–water partition coefficient (Wildman–Crippen LogP) is 3.43. The van der Waals surface area contributed by atoms with Crippen LogP contribution in [-0.2, 0) is 10.5 Å². The van der Waals surface area contributed by atoms with Crippen LogP contribution in [0.25, 0.3) is 6.08 Å². The smallest absolute Gasteiger partial charge is 0.328 e. The quantitative estimate of drug-likeness (QED) is 0.672. The summed E-state index contributed by atoms with van der Waals surface area (Å²) in [4.78, 5) is 16.7. The monoisotopic (exact) mass is 281 g/mol. The van der Waals surface area contributed by atoms with Crippen LogP contribution in [0.3, 0.4) is 0 Å². The van der Waals surface area contributed by atoms with Gasteiger partial charge in [0.05, 0.1) is 5.69 Å². The highest BCUT2D eigenvalue weighted by atomic mass is 32.2. The maximum absolute atomic E-state index is 10.4. The molecule has 0 aromatic carbocycles. The summed E-state index contributed by atoms with van der Waals surface area (Å²) >= 11 is 3.08. The second-order valence-electron chi connectivity index (χ2n) is 3.52. The van der Waals surface area contributed by atoms with Gasteiger partial charge in [0.2, 0.25) is 0 Å². The number of carboxylic acid groups (broad SMARTS) is 1. The molecule has 4 nitrogen and oxygen atoms in total. The van der Waals surface area contributed by atoms with Crippen LogP contribution >= 0.6 is 23.1 Å². The number of thioether (sulfide) groups is 1. The summed E-state index contributed by atoms with van der Waals surface area (Å²) in [5.74, 6) is -0.166. The van der Waals surface area contributed by atoms with E-state index in [9.17, 15) is 4.79 Å². The number of nitrogens with zero attached hydrogens (tertiary/aromatic N) is 1. The van der Waals surface area contributed by atoms with Gasteiger partial charge in [0, 0.05) is 21.6 Å². The number of aromatic nitrogens is 1. The van der Waals surface area contributed by atoms with E-state index < -0.39 is 5.97 Å². The Kier molecular flexibility index (Phi) is 4.22. The zero-order chi connectivity index (χ0) is 13.0. The zero-order valence-corrected chi connectivity index (χ0v) is 11.3. The molecule has 2 aromatic rings. The highest BCUT2D eigenvalue weighted by Crippen LogP contribution is 2.26.